The summed E-state index contributed by atoms with van der Waals surface area (Å²) in [7, 11) is 1.27. The Bertz CT molecular complexity index is 1290. The molecule has 0 unspecified atom stereocenters. The van der Waals surface area contributed by atoms with E-state index in [0.717, 1.165) is 5.56 Å². The van der Waals surface area contributed by atoms with E-state index in [1.165, 1.54) is 23.8 Å². The van der Waals surface area contributed by atoms with Gasteiger partial charge in [0.05, 0.1) is 12.7 Å². The fourth-order valence-corrected chi connectivity index (χ4v) is 3.86. The Morgan fingerprint density at radius 1 is 1.00 bits per heavy atom. The van der Waals surface area contributed by atoms with Gasteiger partial charge in [0.2, 0.25) is 0 Å². The summed E-state index contributed by atoms with van der Waals surface area (Å²) in [6.07, 6.45) is 1.61. The first kappa shape index (κ1) is 21.2. The summed E-state index contributed by atoms with van der Waals surface area (Å²) in [5.74, 6) is -1.28. The van der Waals surface area contributed by atoms with Gasteiger partial charge < -0.3 is 10.1 Å². The number of nitrogens with zero attached hydrogens (tertiary/aromatic N) is 1. The molecule has 0 bridgehead atoms. The SMILES string of the molecule is COC(=O)c1cccc(NC(=O)c2cc3c(n(-c4ccc(C)cc4)c2=O)CCCC3=O)c1. The summed E-state index contributed by atoms with van der Waals surface area (Å²) >= 11 is 0. The minimum absolute atomic E-state index is 0.0890. The number of amides is 1. The lowest BCUT2D eigenvalue weighted by molar-refractivity contribution is 0.0600. The normalized spacial score (nSPS) is 12.8. The molecule has 32 heavy (non-hydrogen) atoms. The molecule has 162 valence electrons. The number of Topliss-reactive ketones (excluding diaryl/α,β-unsaturated/α-hetero) is 1. The first-order valence-corrected chi connectivity index (χ1v) is 10.3. The zero-order valence-corrected chi connectivity index (χ0v) is 17.8. The molecule has 7 nitrogen and oxygen atoms in total. The molecule has 1 aliphatic rings. The van der Waals surface area contributed by atoms with Crippen LogP contribution in [-0.4, -0.2) is 29.3 Å². The standard InChI is InChI=1S/C25H22N2O5/c1-15-9-11-18(12-10-15)27-21-7-4-8-22(28)19(21)14-20(24(27)30)23(29)26-17-6-3-5-16(13-17)25(31)32-2/h3,5-6,9-14H,4,7-8H2,1-2H3,(H,26,29). The number of hydrogen-bond acceptors (Lipinski definition) is 5. The van der Waals surface area contributed by atoms with Crippen LogP contribution in [0, 0.1) is 6.92 Å². The lowest BCUT2D eigenvalue weighted by Crippen LogP contribution is -2.33. The minimum Gasteiger partial charge on any atom is -0.465 e. The summed E-state index contributed by atoms with van der Waals surface area (Å²) in [4.78, 5) is 50.9. The molecule has 0 fully saturated rings. The van der Waals surface area contributed by atoms with E-state index in [-0.39, 0.29) is 16.9 Å². The highest BCUT2D eigenvalue weighted by molar-refractivity contribution is 6.07. The third-order valence-electron chi connectivity index (χ3n) is 5.50. The lowest BCUT2D eigenvalue weighted by Gasteiger charge is -2.21. The Kier molecular flexibility index (Phi) is 5.73. The average molecular weight is 430 g/mol. The number of ether oxygens (including phenoxy) is 1. The van der Waals surface area contributed by atoms with Gasteiger partial charge in [0.15, 0.2) is 5.78 Å². The smallest absolute Gasteiger partial charge is 0.337 e. The van der Waals surface area contributed by atoms with E-state index < -0.39 is 17.4 Å². The molecule has 0 saturated carbocycles. The van der Waals surface area contributed by atoms with Crippen LogP contribution in [0.2, 0.25) is 0 Å². The number of rotatable bonds is 4. The number of nitrogens with one attached hydrogen (secondary N) is 1. The van der Waals surface area contributed by atoms with E-state index in [1.807, 2.05) is 19.1 Å². The summed E-state index contributed by atoms with van der Waals surface area (Å²) in [5.41, 5.74) is 2.63. The predicted octanol–water partition coefficient (Wildman–Crippen LogP) is 3.70. The van der Waals surface area contributed by atoms with Gasteiger partial charge in [-0.3, -0.25) is 19.0 Å². The molecule has 4 rings (SSSR count). The maximum absolute atomic E-state index is 13.4. The maximum Gasteiger partial charge on any atom is 0.337 e. The van der Waals surface area contributed by atoms with Gasteiger partial charge in [-0.15, -0.1) is 0 Å². The van der Waals surface area contributed by atoms with E-state index in [9.17, 15) is 19.2 Å². The van der Waals surface area contributed by atoms with Crippen LogP contribution < -0.4 is 10.9 Å². The summed E-state index contributed by atoms with van der Waals surface area (Å²) in [6, 6.07) is 15.0. The average Bonchev–Trinajstić information content (AvgIpc) is 2.79. The largest absolute Gasteiger partial charge is 0.465 e. The molecule has 1 amide bonds. The van der Waals surface area contributed by atoms with Crippen LogP contribution in [0.4, 0.5) is 5.69 Å². The topological polar surface area (TPSA) is 94.5 Å². The lowest BCUT2D eigenvalue weighted by atomic mass is 9.92. The molecule has 1 N–H and O–H groups in total. The molecule has 3 aromatic rings. The Morgan fingerprint density at radius 3 is 2.47 bits per heavy atom. The zero-order chi connectivity index (χ0) is 22.8. The second-order valence-corrected chi connectivity index (χ2v) is 7.70. The number of benzene rings is 2. The van der Waals surface area contributed by atoms with E-state index in [1.54, 1.807) is 30.3 Å². The predicted molar refractivity (Wildman–Crippen MR) is 120 cm³/mol. The number of aromatic nitrogens is 1. The van der Waals surface area contributed by atoms with Crippen molar-refractivity contribution in [1.29, 1.82) is 0 Å². The van der Waals surface area contributed by atoms with Crippen molar-refractivity contribution < 1.29 is 19.1 Å². The van der Waals surface area contributed by atoms with Crippen LogP contribution >= 0.6 is 0 Å². The molecular weight excluding hydrogens is 408 g/mol. The number of fused-ring (bicyclic) bond motifs is 1. The molecule has 2 aromatic carbocycles. The molecule has 0 spiro atoms. The van der Waals surface area contributed by atoms with Crippen molar-refractivity contribution in [3.63, 3.8) is 0 Å². The summed E-state index contributed by atoms with van der Waals surface area (Å²) in [6.45, 7) is 1.94. The molecule has 0 atom stereocenters. The van der Waals surface area contributed by atoms with Crippen molar-refractivity contribution in [3.05, 3.63) is 92.9 Å². The molecule has 1 aromatic heterocycles. The highest BCUT2D eigenvalue weighted by Gasteiger charge is 2.26. The molecule has 0 saturated heterocycles. The Morgan fingerprint density at radius 2 is 1.75 bits per heavy atom. The van der Waals surface area contributed by atoms with Crippen molar-refractivity contribution in [2.24, 2.45) is 0 Å². The monoisotopic (exact) mass is 430 g/mol. The number of anilines is 1. The van der Waals surface area contributed by atoms with Gasteiger partial charge >= 0.3 is 5.97 Å². The number of carbonyl (C=O) groups excluding carboxylic acids is 3. The highest BCUT2D eigenvalue weighted by Crippen LogP contribution is 2.24. The maximum atomic E-state index is 13.4. The van der Waals surface area contributed by atoms with Gasteiger partial charge in [0, 0.05) is 29.1 Å². The molecular formula is C25H22N2O5. The number of methoxy groups -OCH3 is 1. The first-order valence-electron chi connectivity index (χ1n) is 10.3. The Hall–Kier alpha value is -4.00. The van der Waals surface area contributed by atoms with Gasteiger partial charge in [0.1, 0.15) is 5.56 Å². The quantitative estimate of drug-likeness (QED) is 0.637. The summed E-state index contributed by atoms with van der Waals surface area (Å²) in [5, 5.41) is 2.66. The number of aryl methyl sites for hydroxylation is 1. The number of pyridine rings is 1. The fraction of sp³-hybridized carbons (Fsp3) is 0.200. The number of carbonyl (C=O) groups is 3. The van der Waals surface area contributed by atoms with Gasteiger partial charge in [0.25, 0.3) is 11.5 Å². The Labute approximate surface area is 184 Å². The van der Waals surface area contributed by atoms with Crippen molar-refractivity contribution in [2.75, 3.05) is 12.4 Å². The third-order valence-corrected chi connectivity index (χ3v) is 5.50. The first-order chi connectivity index (χ1) is 15.4. The third kappa shape index (κ3) is 3.97. The van der Waals surface area contributed by atoms with Crippen molar-refractivity contribution in [3.8, 4) is 5.69 Å². The van der Waals surface area contributed by atoms with E-state index in [0.29, 0.717) is 41.9 Å². The van der Waals surface area contributed by atoms with Crippen LogP contribution in [0.5, 0.6) is 0 Å². The van der Waals surface area contributed by atoms with Gasteiger partial charge in [-0.05, 0) is 56.2 Å². The van der Waals surface area contributed by atoms with Crippen LogP contribution in [0.25, 0.3) is 5.69 Å². The minimum atomic E-state index is -0.654. The van der Waals surface area contributed by atoms with E-state index in [4.69, 9.17) is 4.74 Å². The molecule has 1 aliphatic carbocycles. The van der Waals surface area contributed by atoms with Gasteiger partial charge in [-0.2, -0.15) is 0 Å². The second kappa shape index (κ2) is 8.63. The van der Waals surface area contributed by atoms with Crippen molar-refractivity contribution in [2.45, 2.75) is 26.2 Å². The van der Waals surface area contributed by atoms with Crippen molar-refractivity contribution in [1.82, 2.24) is 4.57 Å². The molecule has 0 radical (unpaired) electrons. The number of esters is 1. The van der Waals surface area contributed by atoms with E-state index >= 15 is 0 Å². The highest BCUT2D eigenvalue weighted by atomic mass is 16.5. The fourth-order valence-electron chi connectivity index (χ4n) is 3.86. The van der Waals surface area contributed by atoms with Crippen LogP contribution in [0.3, 0.4) is 0 Å². The van der Waals surface area contributed by atoms with Crippen LogP contribution in [0.15, 0.2) is 59.4 Å². The second-order valence-electron chi connectivity index (χ2n) is 7.70. The van der Waals surface area contributed by atoms with Gasteiger partial charge in [-0.25, -0.2) is 4.79 Å². The van der Waals surface area contributed by atoms with Gasteiger partial charge in [-0.1, -0.05) is 23.8 Å². The molecule has 1 heterocycles. The van der Waals surface area contributed by atoms with E-state index in [2.05, 4.69) is 5.32 Å². The van der Waals surface area contributed by atoms with Crippen molar-refractivity contribution >= 4 is 23.3 Å². The van der Waals surface area contributed by atoms with Crippen LogP contribution in [0.1, 0.15) is 55.2 Å². The molecule has 0 aliphatic heterocycles. The zero-order valence-electron chi connectivity index (χ0n) is 17.8. The number of hydrogen-bond donors (Lipinski definition) is 1. The number of ketones is 1. The molecule has 7 heteroatoms. The Balaban J connectivity index is 1.80. The summed E-state index contributed by atoms with van der Waals surface area (Å²) < 4.78 is 6.17. The van der Waals surface area contributed by atoms with Crippen LogP contribution in [-0.2, 0) is 11.2 Å².